The monoisotopic (exact) mass is 196 g/mol. The Kier molecular flexibility index (Phi) is 2.40. The number of nitrogens with one attached hydrogen (secondary N) is 1. The maximum Gasteiger partial charge on any atom is 0.251 e. The van der Waals surface area contributed by atoms with Gasteiger partial charge in [0.1, 0.15) is 0 Å². The molecule has 1 fully saturated rings. The van der Waals surface area contributed by atoms with Gasteiger partial charge in [0.15, 0.2) is 5.16 Å². The van der Waals surface area contributed by atoms with E-state index in [2.05, 4.69) is 9.97 Å². The molecular weight excluding hydrogens is 184 g/mol. The molecule has 1 aliphatic carbocycles. The maximum absolute atomic E-state index is 11.2. The standard InChI is InChI=1S/C9H12N2OS/c1-13-9-10-7(4-6-2-3-6)5-8(12)11-9/h5-6H,2-4H2,1H3,(H,10,11,12). The molecule has 1 aromatic heterocycles. The molecule has 1 aliphatic rings. The number of aromatic nitrogens is 2. The van der Waals surface area contributed by atoms with E-state index in [-0.39, 0.29) is 5.56 Å². The van der Waals surface area contributed by atoms with Gasteiger partial charge in [0.2, 0.25) is 0 Å². The van der Waals surface area contributed by atoms with Crippen LogP contribution < -0.4 is 5.56 Å². The minimum absolute atomic E-state index is 0.0324. The number of rotatable bonds is 3. The molecule has 0 saturated heterocycles. The zero-order valence-electron chi connectivity index (χ0n) is 7.54. The Bertz CT molecular complexity index is 357. The lowest BCUT2D eigenvalue weighted by atomic mass is 10.2. The van der Waals surface area contributed by atoms with Crippen molar-refractivity contribution in [3.63, 3.8) is 0 Å². The molecule has 0 aromatic carbocycles. The summed E-state index contributed by atoms with van der Waals surface area (Å²) in [6.07, 6.45) is 5.48. The highest BCUT2D eigenvalue weighted by atomic mass is 32.2. The van der Waals surface area contributed by atoms with E-state index in [0.717, 1.165) is 23.2 Å². The Hall–Kier alpha value is -0.770. The van der Waals surface area contributed by atoms with E-state index in [1.807, 2.05) is 6.26 Å². The summed E-state index contributed by atoms with van der Waals surface area (Å²) in [7, 11) is 0. The first-order valence-electron chi connectivity index (χ1n) is 4.42. The number of hydrogen-bond donors (Lipinski definition) is 1. The third kappa shape index (κ3) is 2.34. The average molecular weight is 196 g/mol. The van der Waals surface area contributed by atoms with Gasteiger partial charge in [-0.2, -0.15) is 0 Å². The highest BCUT2D eigenvalue weighted by Crippen LogP contribution is 2.31. The van der Waals surface area contributed by atoms with E-state index < -0.39 is 0 Å². The summed E-state index contributed by atoms with van der Waals surface area (Å²) in [5, 5.41) is 0.725. The van der Waals surface area contributed by atoms with E-state index in [1.54, 1.807) is 6.07 Å². The Morgan fingerprint density at radius 1 is 1.69 bits per heavy atom. The van der Waals surface area contributed by atoms with Gasteiger partial charge < -0.3 is 4.98 Å². The lowest BCUT2D eigenvalue weighted by Crippen LogP contribution is -2.10. The van der Waals surface area contributed by atoms with Crippen LogP contribution in [0.5, 0.6) is 0 Å². The van der Waals surface area contributed by atoms with Crippen LogP contribution in [-0.4, -0.2) is 16.2 Å². The summed E-state index contributed by atoms with van der Waals surface area (Å²) in [6, 6.07) is 1.61. The van der Waals surface area contributed by atoms with Crippen LogP contribution in [0.25, 0.3) is 0 Å². The van der Waals surface area contributed by atoms with Gasteiger partial charge in [-0.15, -0.1) is 0 Å². The molecule has 3 nitrogen and oxygen atoms in total. The third-order valence-corrected chi connectivity index (χ3v) is 2.74. The SMILES string of the molecule is CSc1nc(CC2CC2)cc(=O)[nH]1. The second-order valence-corrected chi connectivity index (χ2v) is 4.19. The number of hydrogen-bond acceptors (Lipinski definition) is 3. The predicted octanol–water partition coefficient (Wildman–Crippen LogP) is 1.44. The molecule has 0 amide bonds. The smallest absolute Gasteiger partial charge is 0.251 e. The van der Waals surface area contributed by atoms with Crippen molar-refractivity contribution < 1.29 is 0 Å². The first kappa shape index (κ1) is 8.81. The Balaban J connectivity index is 2.22. The fourth-order valence-corrected chi connectivity index (χ4v) is 1.71. The van der Waals surface area contributed by atoms with E-state index in [0.29, 0.717) is 0 Å². The molecule has 1 heterocycles. The molecular formula is C9H12N2OS. The van der Waals surface area contributed by atoms with Crippen molar-refractivity contribution in [2.24, 2.45) is 5.92 Å². The van der Waals surface area contributed by atoms with Crippen LogP contribution in [0.4, 0.5) is 0 Å². The highest BCUT2D eigenvalue weighted by molar-refractivity contribution is 7.98. The molecule has 0 unspecified atom stereocenters. The fraction of sp³-hybridized carbons (Fsp3) is 0.556. The number of nitrogens with zero attached hydrogens (tertiary/aromatic N) is 1. The second-order valence-electron chi connectivity index (χ2n) is 3.39. The molecule has 70 valence electrons. The van der Waals surface area contributed by atoms with Crippen molar-refractivity contribution >= 4 is 11.8 Å². The summed E-state index contributed by atoms with van der Waals surface area (Å²) in [5.74, 6) is 0.781. The zero-order valence-corrected chi connectivity index (χ0v) is 8.36. The number of thioether (sulfide) groups is 1. The lowest BCUT2D eigenvalue weighted by molar-refractivity contribution is 0.767. The van der Waals surface area contributed by atoms with Gasteiger partial charge >= 0.3 is 0 Å². The maximum atomic E-state index is 11.2. The Morgan fingerprint density at radius 2 is 2.46 bits per heavy atom. The fourth-order valence-electron chi connectivity index (χ4n) is 1.30. The summed E-state index contributed by atoms with van der Waals surface area (Å²) in [6.45, 7) is 0. The van der Waals surface area contributed by atoms with Crippen molar-refractivity contribution in [1.29, 1.82) is 0 Å². The number of H-pyrrole nitrogens is 1. The summed E-state index contributed by atoms with van der Waals surface area (Å²) >= 11 is 1.48. The van der Waals surface area contributed by atoms with Crippen molar-refractivity contribution in [2.45, 2.75) is 24.4 Å². The van der Waals surface area contributed by atoms with Gasteiger partial charge in [0, 0.05) is 11.8 Å². The average Bonchev–Trinajstić information content (AvgIpc) is 2.87. The summed E-state index contributed by atoms with van der Waals surface area (Å²) < 4.78 is 0. The molecule has 4 heteroatoms. The third-order valence-electron chi connectivity index (χ3n) is 2.16. The van der Waals surface area contributed by atoms with Crippen LogP contribution in [0.15, 0.2) is 16.0 Å². The first-order valence-corrected chi connectivity index (χ1v) is 5.64. The van der Waals surface area contributed by atoms with E-state index in [9.17, 15) is 4.79 Å². The van der Waals surface area contributed by atoms with Crippen LogP contribution in [-0.2, 0) is 6.42 Å². The largest absolute Gasteiger partial charge is 0.301 e. The minimum Gasteiger partial charge on any atom is -0.301 e. The van der Waals surface area contributed by atoms with Gasteiger partial charge in [-0.3, -0.25) is 4.79 Å². The lowest BCUT2D eigenvalue weighted by Gasteiger charge is -1.99. The number of aromatic amines is 1. The van der Waals surface area contributed by atoms with E-state index in [1.165, 1.54) is 24.6 Å². The molecule has 0 atom stereocenters. The van der Waals surface area contributed by atoms with Crippen LogP contribution in [0.1, 0.15) is 18.5 Å². The van der Waals surface area contributed by atoms with Gasteiger partial charge in [-0.05, 0) is 31.4 Å². The highest BCUT2D eigenvalue weighted by Gasteiger charge is 2.22. The van der Waals surface area contributed by atoms with Crippen molar-refractivity contribution in [3.05, 3.63) is 22.1 Å². The molecule has 1 saturated carbocycles. The zero-order chi connectivity index (χ0) is 9.26. The van der Waals surface area contributed by atoms with Gasteiger partial charge in [0.25, 0.3) is 5.56 Å². The summed E-state index contributed by atoms with van der Waals surface area (Å²) in [4.78, 5) is 18.2. The molecule has 0 spiro atoms. The second kappa shape index (κ2) is 3.54. The van der Waals surface area contributed by atoms with Gasteiger partial charge in [-0.1, -0.05) is 11.8 Å². The first-order chi connectivity index (χ1) is 6.28. The normalized spacial score (nSPS) is 16.1. The molecule has 13 heavy (non-hydrogen) atoms. The van der Waals surface area contributed by atoms with Crippen LogP contribution in [0.3, 0.4) is 0 Å². The molecule has 1 aromatic rings. The predicted molar refractivity (Wildman–Crippen MR) is 53.1 cm³/mol. The van der Waals surface area contributed by atoms with Crippen LogP contribution >= 0.6 is 11.8 Å². The molecule has 0 bridgehead atoms. The summed E-state index contributed by atoms with van der Waals surface area (Å²) in [5.41, 5.74) is 0.908. The molecule has 0 aliphatic heterocycles. The molecule has 0 radical (unpaired) electrons. The van der Waals surface area contributed by atoms with Crippen LogP contribution in [0.2, 0.25) is 0 Å². The van der Waals surface area contributed by atoms with E-state index in [4.69, 9.17) is 0 Å². The van der Waals surface area contributed by atoms with Crippen LogP contribution in [0, 0.1) is 5.92 Å². The van der Waals surface area contributed by atoms with Crippen molar-refractivity contribution in [2.75, 3.05) is 6.26 Å². The van der Waals surface area contributed by atoms with E-state index >= 15 is 0 Å². The minimum atomic E-state index is -0.0324. The molecule has 2 rings (SSSR count). The van der Waals surface area contributed by atoms with Gasteiger partial charge in [-0.25, -0.2) is 4.98 Å². The molecule has 1 N–H and O–H groups in total. The van der Waals surface area contributed by atoms with Crippen molar-refractivity contribution in [3.8, 4) is 0 Å². The topological polar surface area (TPSA) is 45.8 Å². The van der Waals surface area contributed by atoms with Gasteiger partial charge in [0.05, 0.1) is 0 Å². The van der Waals surface area contributed by atoms with Crippen molar-refractivity contribution in [1.82, 2.24) is 9.97 Å². The Labute approximate surface area is 81.0 Å². The quantitative estimate of drug-likeness (QED) is 0.588. The Morgan fingerprint density at radius 3 is 3.08 bits per heavy atom.